The smallest absolute Gasteiger partial charge is 0.292 e. The molecule has 1 fully saturated rings. The predicted octanol–water partition coefficient (Wildman–Crippen LogP) is 5.12. The first-order chi connectivity index (χ1) is 17.6. The molecule has 36 heavy (non-hydrogen) atoms. The molecular weight excluding hydrogens is 474 g/mol. The van der Waals surface area contributed by atoms with E-state index < -0.39 is 0 Å². The lowest BCUT2D eigenvalue weighted by molar-refractivity contribution is -0.129. The van der Waals surface area contributed by atoms with Gasteiger partial charge in [0.1, 0.15) is 4.83 Å². The van der Waals surface area contributed by atoms with E-state index in [0.29, 0.717) is 13.0 Å². The van der Waals surface area contributed by atoms with Crippen LogP contribution < -0.4 is 5.32 Å². The number of imidazole rings is 1. The normalized spacial score (nSPS) is 11.9. The lowest BCUT2D eigenvalue weighted by atomic mass is 10.2. The van der Waals surface area contributed by atoms with Crippen molar-refractivity contribution in [3.63, 3.8) is 0 Å². The fraction of sp³-hybridized carbons (Fsp3) is 0.370. The lowest BCUT2D eigenvalue weighted by Crippen LogP contribution is -2.34. The fourth-order valence-corrected chi connectivity index (χ4v) is 4.62. The van der Waals surface area contributed by atoms with Gasteiger partial charge in [-0.25, -0.2) is 4.98 Å². The molecule has 4 heterocycles. The van der Waals surface area contributed by atoms with Crippen molar-refractivity contribution in [2.75, 3.05) is 33.8 Å². The van der Waals surface area contributed by atoms with E-state index in [4.69, 9.17) is 4.79 Å². The number of hydrogen-bond donors (Lipinski definition) is 2. The maximum absolute atomic E-state index is 11.1. The van der Waals surface area contributed by atoms with Gasteiger partial charge >= 0.3 is 0 Å². The Morgan fingerprint density at radius 3 is 2.42 bits per heavy atom. The number of likely N-dealkylation sites (tertiary alicyclic amines) is 1. The van der Waals surface area contributed by atoms with Crippen molar-refractivity contribution in [3.8, 4) is 16.9 Å². The summed E-state index contributed by atoms with van der Waals surface area (Å²) in [7, 11) is 3.11. The number of aromatic amines is 1. The van der Waals surface area contributed by atoms with Gasteiger partial charge in [0.15, 0.2) is 0 Å². The minimum Gasteiger partial charge on any atom is -0.471 e. The number of likely N-dealkylation sites (N-methyl/N-ethyl adjacent to an activating group) is 1. The van der Waals surface area contributed by atoms with E-state index in [9.17, 15) is 4.79 Å². The Hall–Kier alpha value is -3.43. The van der Waals surface area contributed by atoms with Gasteiger partial charge in [0, 0.05) is 41.3 Å². The number of H-pyrrole nitrogens is 1. The Bertz CT molecular complexity index is 1130. The lowest BCUT2D eigenvalue weighted by Gasteiger charge is -2.13. The van der Waals surface area contributed by atoms with Crippen molar-refractivity contribution < 1.29 is 14.3 Å². The first kappa shape index (κ1) is 28.8. The van der Waals surface area contributed by atoms with Crippen LogP contribution in [-0.2, 0) is 14.3 Å². The summed E-state index contributed by atoms with van der Waals surface area (Å²) in [5.41, 5.74) is 3.47. The second-order valence-corrected chi connectivity index (χ2v) is 8.87. The largest absolute Gasteiger partial charge is 0.471 e. The average Bonchev–Trinajstić information content (AvgIpc) is 3.70. The standard InChI is InChI=1S/C15H11N3S.C7H14N2O.C3H8.C2H4O2/c1-2-4-11(5-3-1)18-7-6-12-13(9-19-15(12)18)14-8-16-10-17-14;1-8-6-7(10)9-4-2-3-5-9;1-3-2;1-4-2-3/h1-10H,(H,16,17);8H,2-6H2,1H3;3H2,1-2H3;2H,1H3. The molecule has 0 bridgehead atoms. The van der Waals surface area contributed by atoms with Crippen molar-refractivity contribution in [1.82, 2.24) is 24.8 Å². The van der Waals surface area contributed by atoms with Crippen LogP contribution in [0.15, 0.2) is 60.5 Å². The zero-order chi connectivity index (χ0) is 26.2. The number of rotatable bonds is 5. The zero-order valence-corrected chi connectivity index (χ0v) is 22.4. The average molecular weight is 512 g/mol. The SMILES string of the molecule is CCC.CNCC(=O)N1CCCC1.COC=O.c1ccc(-n2ccc3c(-c4cnc[nH]4)csc32)cc1. The minimum atomic E-state index is 0.236. The molecule has 0 spiro atoms. The van der Waals surface area contributed by atoms with E-state index in [1.807, 2.05) is 17.2 Å². The molecule has 5 rings (SSSR count). The Kier molecular flexibility index (Phi) is 13.0. The maximum atomic E-state index is 11.1. The molecule has 2 N–H and O–H groups in total. The number of fused-ring (bicyclic) bond motifs is 1. The number of carbonyl (C=O) groups excluding carboxylic acids is 2. The van der Waals surface area contributed by atoms with Crippen LogP contribution >= 0.6 is 11.3 Å². The first-order valence-electron chi connectivity index (χ1n) is 12.1. The van der Waals surface area contributed by atoms with E-state index in [1.54, 1.807) is 24.7 Å². The third kappa shape index (κ3) is 8.35. The monoisotopic (exact) mass is 511 g/mol. The Labute approximate surface area is 217 Å². The molecule has 1 aromatic carbocycles. The number of benzene rings is 1. The van der Waals surface area contributed by atoms with Gasteiger partial charge in [-0.15, -0.1) is 11.3 Å². The third-order valence-electron chi connectivity index (χ3n) is 5.12. The van der Waals surface area contributed by atoms with Crippen molar-refractivity contribution in [2.45, 2.75) is 33.1 Å². The number of aromatic nitrogens is 3. The number of para-hydroxylation sites is 1. The van der Waals surface area contributed by atoms with E-state index >= 15 is 0 Å². The fourth-order valence-electron chi connectivity index (χ4n) is 3.55. The van der Waals surface area contributed by atoms with Crippen molar-refractivity contribution in [3.05, 3.63) is 60.5 Å². The molecule has 9 heteroatoms. The summed E-state index contributed by atoms with van der Waals surface area (Å²) in [6.07, 6.45) is 9.30. The Morgan fingerprint density at radius 1 is 1.19 bits per heavy atom. The molecule has 1 saturated heterocycles. The molecule has 0 saturated carbocycles. The number of carbonyl (C=O) groups is 2. The van der Waals surface area contributed by atoms with Gasteiger partial charge in [-0.1, -0.05) is 38.5 Å². The van der Waals surface area contributed by atoms with E-state index in [2.05, 4.69) is 80.3 Å². The molecule has 3 aromatic heterocycles. The van der Waals surface area contributed by atoms with Gasteiger partial charge in [0.25, 0.3) is 6.47 Å². The second kappa shape index (κ2) is 16.3. The molecule has 8 nitrogen and oxygen atoms in total. The topological polar surface area (TPSA) is 92.2 Å². The van der Waals surface area contributed by atoms with Crippen LogP contribution in [0.4, 0.5) is 0 Å². The maximum Gasteiger partial charge on any atom is 0.292 e. The molecule has 4 aromatic rings. The molecule has 0 unspecified atom stereocenters. The van der Waals surface area contributed by atoms with Crippen LogP contribution in [0, 0.1) is 0 Å². The summed E-state index contributed by atoms with van der Waals surface area (Å²) in [5, 5.41) is 6.29. The van der Waals surface area contributed by atoms with Crippen LogP contribution in [0.5, 0.6) is 0 Å². The number of amides is 1. The number of thiophene rings is 1. The first-order valence-corrected chi connectivity index (χ1v) is 13.0. The predicted molar refractivity (Wildman–Crippen MR) is 148 cm³/mol. The summed E-state index contributed by atoms with van der Waals surface area (Å²) in [6.45, 7) is 7.03. The molecule has 1 amide bonds. The summed E-state index contributed by atoms with van der Waals surface area (Å²) in [5.74, 6) is 0.236. The van der Waals surface area contributed by atoms with Gasteiger partial charge in [-0.3, -0.25) is 9.59 Å². The Morgan fingerprint density at radius 2 is 1.86 bits per heavy atom. The molecular formula is C27H37N5O3S. The van der Waals surface area contributed by atoms with Crippen LogP contribution in [0.2, 0.25) is 0 Å². The van der Waals surface area contributed by atoms with Crippen LogP contribution in [0.3, 0.4) is 0 Å². The van der Waals surface area contributed by atoms with E-state index in [1.165, 1.54) is 47.8 Å². The van der Waals surface area contributed by atoms with E-state index in [0.717, 1.165) is 18.8 Å². The summed E-state index contributed by atoms with van der Waals surface area (Å²) < 4.78 is 6.08. The van der Waals surface area contributed by atoms with Crippen molar-refractivity contribution in [2.24, 2.45) is 0 Å². The third-order valence-corrected chi connectivity index (χ3v) is 6.12. The summed E-state index contributed by atoms with van der Waals surface area (Å²) in [6, 6.07) is 12.6. The summed E-state index contributed by atoms with van der Waals surface area (Å²) in [4.78, 5) is 30.5. The number of nitrogens with zero attached hydrogens (tertiary/aromatic N) is 3. The van der Waals surface area contributed by atoms with Gasteiger partial charge in [0.05, 0.1) is 31.9 Å². The van der Waals surface area contributed by atoms with Gasteiger partial charge in [-0.05, 0) is 38.1 Å². The zero-order valence-electron chi connectivity index (χ0n) is 21.6. The van der Waals surface area contributed by atoms with Crippen LogP contribution in [-0.4, -0.2) is 65.6 Å². The molecule has 1 aliphatic heterocycles. The number of hydrogen-bond acceptors (Lipinski definition) is 6. The molecule has 0 atom stereocenters. The van der Waals surface area contributed by atoms with E-state index in [-0.39, 0.29) is 5.91 Å². The number of nitrogens with one attached hydrogen (secondary N) is 2. The van der Waals surface area contributed by atoms with Crippen molar-refractivity contribution >= 4 is 33.9 Å². The molecule has 1 aliphatic rings. The minimum absolute atomic E-state index is 0.236. The molecule has 194 valence electrons. The number of methoxy groups -OCH3 is 1. The highest BCUT2D eigenvalue weighted by Gasteiger charge is 2.16. The molecule has 0 aliphatic carbocycles. The second-order valence-electron chi connectivity index (χ2n) is 8.01. The Balaban J connectivity index is 0.000000226. The van der Waals surface area contributed by atoms with Gasteiger partial charge < -0.3 is 24.5 Å². The van der Waals surface area contributed by atoms with Crippen molar-refractivity contribution in [1.29, 1.82) is 0 Å². The number of ether oxygens (including phenoxy) is 1. The van der Waals surface area contributed by atoms with Gasteiger partial charge in [-0.2, -0.15) is 0 Å². The highest BCUT2D eigenvalue weighted by Crippen LogP contribution is 2.34. The molecule has 0 radical (unpaired) electrons. The highest BCUT2D eigenvalue weighted by atomic mass is 32.1. The van der Waals surface area contributed by atoms with Gasteiger partial charge in [0.2, 0.25) is 5.91 Å². The van der Waals surface area contributed by atoms with Crippen LogP contribution in [0.25, 0.3) is 27.2 Å². The quantitative estimate of drug-likeness (QED) is 0.363. The van der Waals surface area contributed by atoms with Crippen LogP contribution in [0.1, 0.15) is 33.1 Å². The summed E-state index contributed by atoms with van der Waals surface area (Å²) >= 11 is 1.76. The highest BCUT2D eigenvalue weighted by molar-refractivity contribution is 7.17.